The van der Waals surface area contributed by atoms with Crippen molar-refractivity contribution >= 4 is 11.8 Å². The first-order valence-electron chi connectivity index (χ1n) is 10.2. The van der Waals surface area contributed by atoms with Crippen molar-refractivity contribution in [1.82, 2.24) is 10.2 Å². The van der Waals surface area contributed by atoms with Gasteiger partial charge in [0.2, 0.25) is 11.8 Å². The van der Waals surface area contributed by atoms with Gasteiger partial charge >= 0.3 is 0 Å². The maximum atomic E-state index is 12.5. The van der Waals surface area contributed by atoms with Gasteiger partial charge in [-0.25, -0.2) is 0 Å². The van der Waals surface area contributed by atoms with Crippen molar-refractivity contribution in [1.29, 1.82) is 0 Å². The number of aryl methyl sites for hydroxylation is 1. The van der Waals surface area contributed by atoms with Gasteiger partial charge in [-0.05, 0) is 55.6 Å². The summed E-state index contributed by atoms with van der Waals surface area (Å²) in [7, 11) is 1.68. The molecule has 1 N–H and O–H groups in total. The van der Waals surface area contributed by atoms with E-state index < -0.39 is 0 Å². The van der Waals surface area contributed by atoms with Crippen LogP contribution in [-0.4, -0.2) is 36.9 Å². The Hall–Kier alpha value is -1.84. The lowest BCUT2D eigenvalue weighted by Crippen LogP contribution is -2.41. The van der Waals surface area contributed by atoms with Crippen LogP contribution in [0.3, 0.4) is 0 Å². The van der Waals surface area contributed by atoms with E-state index in [1.807, 2.05) is 0 Å². The Balaban J connectivity index is 1.42. The van der Waals surface area contributed by atoms with Gasteiger partial charge in [-0.2, -0.15) is 0 Å². The average Bonchev–Trinajstić information content (AvgIpc) is 3.22. The second-order valence-corrected chi connectivity index (χ2v) is 7.94. The second-order valence-electron chi connectivity index (χ2n) is 7.94. The number of amides is 2. The zero-order valence-electron chi connectivity index (χ0n) is 16.0. The molecule has 2 aliphatic rings. The smallest absolute Gasteiger partial charge is 0.225 e. The molecule has 1 saturated heterocycles. The molecule has 1 aliphatic carbocycles. The summed E-state index contributed by atoms with van der Waals surface area (Å²) in [5, 5.41) is 2.66. The molecule has 0 radical (unpaired) electrons. The molecule has 26 heavy (non-hydrogen) atoms. The Morgan fingerprint density at radius 2 is 1.62 bits per heavy atom. The minimum absolute atomic E-state index is 0.0907. The molecule has 0 atom stereocenters. The summed E-state index contributed by atoms with van der Waals surface area (Å²) in [4.78, 5) is 26.0. The number of hydrogen-bond donors (Lipinski definition) is 1. The third-order valence-corrected chi connectivity index (χ3v) is 6.10. The molecule has 0 bridgehead atoms. The maximum Gasteiger partial charge on any atom is 0.225 e. The summed E-state index contributed by atoms with van der Waals surface area (Å²) in [5.41, 5.74) is 2.59. The molecular weight excluding hydrogens is 324 g/mol. The highest BCUT2D eigenvalue weighted by atomic mass is 16.2. The van der Waals surface area contributed by atoms with Crippen LogP contribution in [0.5, 0.6) is 0 Å². The van der Waals surface area contributed by atoms with Gasteiger partial charge in [-0.3, -0.25) is 9.59 Å². The van der Waals surface area contributed by atoms with Gasteiger partial charge < -0.3 is 10.2 Å². The van der Waals surface area contributed by atoms with Crippen LogP contribution < -0.4 is 5.32 Å². The number of piperidine rings is 1. The third kappa shape index (κ3) is 5.09. The van der Waals surface area contributed by atoms with Crippen LogP contribution in [0.2, 0.25) is 0 Å². The molecular formula is C22H32N2O2. The van der Waals surface area contributed by atoms with E-state index in [9.17, 15) is 9.59 Å². The Morgan fingerprint density at radius 1 is 1.00 bits per heavy atom. The molecule has 4 heteroatoms. The summed E-state index contributed by atoms with van der Waals surface area (Å²) in [5.74, 6) is 1.50. The number of likely N-dealkylation sites (tertiary alicyclic amines) is 1. The molecule has 1 aromatic carbocycles. The van der Waals surface area contributed by atoms with E-state index >= 15 is 0 Å². The van der Waals surface area contributed by atoms with Gasteiger partial charge in [0.1, 0.15) is 0 Å². The van der Waals surface area contributed by atoms with E-state index in [-0.39, 0.29) is 5.91 Å². The van der Waals surface area contributed by atoms with Gasteiger partial charge in [0.25, 0.3) is 0 Å². The number of nitrogens with one attached hydrogen (secondary N) is 1. The van der Waals surface area contributed by atoms with Crippen molar-refractivity contribution in [3.05, 3.63) is 35.4 Å². The fraction of sp³-hybridized carbons (Fsp3) is 0.636. The molecule has 2 amide bonds. The molecule has 142 valence electrons. The largest absolute Gasteiger partial charge is 0.359 e. The highest BCUT2D eigenvalue weighted by Gasteiger charge is 2.29. The first-order chi connectivity index (χ1) is 12.7. The van der Waals surface area contributed by atoms with Crippen molar-refractivity contribution in [2.24, 2.45) is 11.8 Å². The fourth-order valence-electron chi connectivity index (χ4n) is 4.35. The zero-order valence-corrected chi connectivity index (χ0v) is 16.0. The van der Waals surface area contributed by atoms with Crippen molar-refractivity contribution in [2.45, 2.75) is 57.8 Å². The molecule has 0 unspecified atom stereocenters. The Kier molecular flexibility index (Phi) is 6.70. The van der Waals surface area contributed by atoms with Crippen molar-refractivity contribution in [3.8, 4) is 0 Å². The highest BCUT2D eigenvalue weighted by molar-refractivity contribution is 5.79. The highest BCUT2D eigenvalue weighted by Crippen LogP contribution is 2.29. The standard InChI is InChI=1S/C22H32N2O2/c1-23-21(25)11-10-17-6-8-18(9-7-17)16-19-12-14-24(15-13-19)22(26)20-4-2-3-5-20/h6-9,19-20H,2-5,10-16H2,1H3,(H,23,25). The number of carbonyl (C=O) groups is 2. The van der Waals surface area contributed by atoms with Crippen LogP contribution in [0.25, 0.3) is 0 Å². The van der Waals surface area contributed by atoms with E-state index in [4.69, 9.17) is 0 Å². The van der Waals surface area contributed by atoms with E-state index in [1.54, 1.807) is 7.05 Å². The summed E-state index contributed by atoms with van der Waals surface area (Å²) < 4.78 is 0. The fourth-order valence-corrected chi connectivity index (χ4v) is 4.35. The summed E-state index contributed by atoms with van der Waals surface area (Å²) >= 11 is 0. The SMILES string of the molecule is CNC(=O)CCc1ccc(CC2CCN(C(=O)C3CCCC3)CC2)cc1. The van der Waals surface area contributed by atoms with Gasteiger partial charge in [-0.1, -0.05) is 37.1 Å². The molecule has 1 aromatic rings. The van der Waals surface area contributed by atoms with Crippen LogP contribution >= 0.6 is 0 Å². The lowest BCUT2D eigenvalue weighted by Gasteiger charge is -2.33. The van der Waals surface area contributed by atoms with Gasteiger partial charge in [0.15, 0.2) is 0 Å². The second kappa shape index (κ2) is 9.20. The zero-order chi connectivity index (χ0) is 18.4. The van der Waals surface area contributed by atoms with E-state index in [0.717, 1.165) is 51.6 Å². The Bertz CT molecular complexity index is 597. The summed E-state index contributed by atoms with van der Waals surface area (Å²) in [6.07, 6.45) is 9.34. The van der Waals surface area contributed by atoms with E-state index in [1.165, 1.54) is 24.0 Å². The summed E-state index contributed by atoms with van der Waals surface area (Å²) in [6, 6.07) is 8.71. The minimum atomic E-state index is 0.0907. The van der Waals surface area contributed by atoms with Crippen molar-refractivity contribution in [2.75, 3.05) is 20.1 Å². The van der Waals surface area contributed by atoms with Crippen LogP contribution in [0.4, 0.5) is 0 Å². The van der Waals surface area contributed by atoms with Crippen LogP contribution in [0.1, 0.15) is 56.1 Å². The lowest BCUT2D eigenvalue weighted by atomic mass is 9.89. The quantitative estimate of drug-likeness (QED) is 0.850. The Labute approximate surface area is 157 Å². The topological polar surface area (TPSA) is 49.4 Å². The number of nitrogens with zero attached hydrogens (tertiary/aromatic N) is 1. The first kappa shape index (κ1) is 18.9. The molecule has 1 saturated carbocycles. The van der Waals surface area contributed by atoms with E-state index in [0.29, 0.717) is 24.2 Å². The van der Waals surface area contributed by atoms with Crippen LogP contribution in [0.15, 0.2) is 24.3 Å². The normalized spacial score (nSPS) is 18.9. The van der Waals surface area contributed by atoms with Gasteiger partial charge in [0, 0.05) is 32.5 Å². The molecule has 1 heterocycles. The molecule has 2 fully saturated rings. The monoisotopic (exact) mass is 356 g/mol. The number of carbonyl (C=O) groups excluding carboxylic acids is 2. The van der Waals surface area contributed by atoms with Crippen LogP contribution in [0, 0.1) is 11.8 Å². The Morgan fingerprint density at radius 3 is 2.23 bits per heavy atom. The maximum absolute atomic E-state index is 12.5. The van der Waals surface area contributed by atoms with Crippen molar-refractivity contribution in [3.63, 3.8) is 0 Å². The predicted octanol–water partition coefficient (Wildman–Crippen LogP) is 3.34. The molecule has 0 aromatic heterocycles. The van der Waals surface area contributed by atoms with Crippen LogP contribution in [-0.2, 0) is 22.4 Å². The minimum Gasteiger partial charge on any atom is -0.359 e. The van der Waals surface area contributed by atoms with E-state index in [2.05, 4.69) is 34.5 Å². The van der Waals surface area contributed by atoms with Crippen molar-refractivity contribution < 1.29 is 9.59 Å². The number of benzene rings is 1. The first-order valence-corrected chi connectivity index (χ1v) is 10.2. The average molecular weight is 357 g/mol. The number of rotatable bonds is 6. The molecule has 3 rings (SSSR count). The summed E-state index contributed by atoms with van der Waals surface area (Å²) in [6.45, 7) is 1.87. The molecule has 1 aliphatic heterocycles. The molecule has 4 nitrogen and oxygen atoms in total. The lowest BCUT2D eigenvalue weighted by molar-refractivity contribution is -0.136. The predicted molar refractivity (Wildman–Crippen MR) is 104 cm³/mol. The molecule has 0 spiro atoms. The third-order valence-electron chi connectivity index (χ3n) is 6.10. The van der Waals surface area contributed by atoms with Gasteiger partial charge in [0.05, 0.1) is 0 Å². The van der Waals surface area contributed by atoms with Gasteiger partial charge in [-0.15, -0.1) is 0 Å². The number of hydrogen-bond acceptors (Lipinski definition) is 2.